The Morgan fingerprint density at radius 3 is 2.27 bits per heavy atom. The molecule has 2 fully saturated rings. The van der Waals surface area contributed by atoms with Gasteiger partial charge in [0, 0.05) is 32.7 Å². The lowest BCUT2D eigenvalue weighted by Crippen LogP contribution is -2.56. The largest absolute Gasteiger partial charge is 0.436 e. The lowest BCUT2D eigenvalue weighted by molar-refractivity contribution is -0.147. The van der Waals surface area contributed by atoms with Crippen molar-refractivity contribution in [1.29, 1.82) is 0 Å². The Balaban J connectivity index is 1.61. The summed E-state index contributed by atoms with van der Waals surface area (Å²) in [6.07, 6.45) is -0.506. The fourth-order valence-corrected chi connectivity index (χ4v) is 4.32. The number of amides is 2. The van der Waals surface area contributed by atoms with E-state index in [2.05, 4.69) is 29.2 Å². The summed E-state index contributed by atoms with van der Waals surface area (Å²) in [4.78, 5) is 28.4. The number of nitrogens with two attached hydrogens (primary N) is 1. The molecule has 2 amide bonds. The molecule has 6 nitrogen and oxygen atoms in total. The second-order valence-electron chi connectivity index (χ2n) is 7.99. The fraction of sp³-hybridized carbons (Fsp3) is 0.600. The van der Waals surface area contributed by atoms with E-state index in [9.17, 15) is 9.59 Å². The number of carbonyl (C=O) groups excluding carboxylic acids is 2. The maximum atomic E-state index is 12.9. The van der Waals surface area contributed by atoms with Crippen LogP contribution >= 0.6 is 0 Å². The SMILES string of the molecule is CC(C)[C@H](OC(N)=O)C(=O)N1CC2CC(CN(Cc3ccccc3)C2)C1. The van der Waals surface area contributed by atoms with E-state index in [0.717, 1.165) is 39.1 Å². The highest BCUT2D eigenvalue weighted by atomic mass is 16.6. The topological polar surface area (TPSA) is 75.9 Å². The molecule has 0 aliphatic carbocycles. The van der Waals surface area contributed by atoms with Crippen molar-refractivity contribution in [3.63, 3.8) is 0 Å². The summed E-state index contributed by atoms with van der Waals surface area (Å²) in [5, 5.41) is 0. The van der Waals surface area contributed by atoms with Crippen LogP contribution in [0.1, 0.15) is 25.8 Å². The Kier molecular flexibility index (Phi) is 5.81. The standard InChI is InChI=1S/C20H29N3O3/c1-14(2)18(26-20(21)25)19(24)23-12-16-8-17(13-23)11-22(10-16)9-15-6-4-3-5-7-15/h3-7,14,16-18H,8-13H2,1-2H3,(H2,21,25)/t16?,17?,18-/m0/s1. The number of carbonyl (C=O) groups is 2. The summed E-state index contributed by atoms with van der Waals surface area (Å²) in [6.45, 7) is 8.16. The van der Waals surface area contributed by atoms with Crippen LogP contribution in [0.25, 0.3) is 0 Å². The van der Waals surface area contributed by atoms with Crippen LogP contribution in [0.3, 0.4) is 0 Å². The highest BCUT2D eigenvalue weighted by Gasteiger charge is 2.39. The van der Waals surface area contributed by atoms with E-state index in [0.29, 0.717) is 11.8 Å². The van der Waals surface area contributed by atoms with E-state index in [1.807, 2.05) is 24.8 Å². The molecule has 3 rings (SSSR count). The molecule has 142 valence electrons. The summed E-state index contributed by atoms with van der Waals surface area (Å²) in [5.41, 5.74) is 6.47. The first kappa shape index (κ1) is 18.7. The quantitative estimate of drug-likeness (QED) is 0.873. The second kappa shape index (κ2) is 8.08. The van der Waals surface area contributed by atoms with Gasteiger partial charge in [-0.15, -0.1) is 0 Å². The lowest BCUT2D eigenvalue weighted by Gasteiger charge is -2.46. The van der Waals surface area contributed by atoms with E-state index >= 15 is 0 Å². The summed E-state index contributed by atoms with van der Waals surface area (Å²) >= 11 is 0. The van der Waals surface area contributed by atoms with E-state index < -0.39 is 12.2 Å². The predicted molar refractivity (Wildman–Crippen MR) is 99.2 cm³/mol. The highest BCUT2D eigenvalue weighted by molar-refractivity contribution is 5.83. The molecule has 6 heteroatoms. The minimum Gasteiger partial charge on any atom is -0.436 e. The van der Waals surface area contributed by atoms with Crippen molar-refractivity contribution in [2.24, 2.45) is 23.5 Å². The highest BCUT2D eigenvalue weighted by Crippen LogP contribution is 2.30. The molecular weight excluding hydrogens is 330 g/mol. The monoisotopic (exact) mass is 359 g/mol. The van der Waals surface area contributed by atoms with Crippen LogP contribution in [0.15, 0.2) is 30.3 Å². The summed E-state index contributed by atoms with van der Waals surface area (Å²) in [6, 6.07) is 10.5. The van der Waals surface area contributed by atoms with Crippen molar-refractivity contribution < 1.29 is 14.3 Å². The Hall–Kier alpha value is -2.08. The molecule has 1 aromatic rings. The molecule has 2 bridgehead atoms. The van der Waals surface area contributed by atoms with Crippen LogP contribution in [0, 0.1) is 17.8 Å². The first-order valence-electron chi connectivity index (χ1n) is 9.43. The molecule has 0 saturated carbocycles. The normalized spacial score (nSPS) is 24.3. The Bertz CT molecular complexity index is 620. The summed E-state index contributed by atoms with van der Waals surface area (Å²) in [5.74, 6) is 0.740. The summed E-state index contributed by atoms with van der Waals surface area (Å²) in [7, 11) is 0. The number of hydrogen-bond donors (Lipinski definition) is 1. The zero-order valence-electron chi connectivity index (χ0n) is 15.6. The molecule has 1 aromatic carbocycles. The van der Waals surface area contributed by atoms with Gasteiger partial charge in [0.15, 0.2) is 6.10 Å². The Labute approximate surface area is 155 Å². The number of hydrogen-bond acceptors (Lipinski definition) is 4. The van der Waals surface area contributed by atoms with Crippen molar-refractivity contribution >= 4 is 12.0 Å². The van der Waals surface area contributed by atoms with Crippen LogP contribution in [0.2, 0.25) is 0 Å². The number of primary amides is 1. The van der Waals surface area contributed by atoms with Gasteiger partial charge in [0.2, 0.25) is 0 Å². The fourth-order valence-electron chi connectivity index (χ4n) is 4.32. The second-order valence-corrected chi connectivity index (χ2v) is 7.99. The first-order valence-corrected chi connectivity index (χ1v) is 9.43. The molecule has 3 atom stereocenters. The van der Waals surface area contributed by atoms with Gasteiger partial charge in [-0.2, -0.15) is 0 Å². The Morgan fingerprint density at radius 1 is 1.12 bits per heavy atom. The van der Waals surface area contributed by atoms with Gasteiger partial charge in [0.1, 0.15) is 0 Å². The number of likely N-dealkylation sites (tertiary alicyclic amines) is 2. The van der Waals surface area contributed by atoms with E-state index in [-0.39, 0.29) is 11.8 Å². The molecule has 2 heterocycles. The number of fused-ring (bicyclic) bond motifs is 2. The molecule has 2 aliphatic rings. The van der Waals surface area contributed by atoms with Crippen molar-refractivity contribution in [1.82, 2.24) is 9.80 Å². The zero-order chi connectivity index (χ0) is 18.7. The molecule has 0 spiro atoms. The summed E-state index contributed by atoms with van der Waals surface area (Å²) < 4.78 is 5.09. The van der Waals surface area contributed by atoms with Crippen molar-refractivity contribution in [3.8, 4) is 0 Å². The predicted octanol–water partition coefficient (Wildman–Crippen LogP) is 2.09. The van der Waals surface area contributed by atoms with Crippen molar-refractivity contribution in [2.75, 3.05) is 26.2 Å². The number of benzene rings is 1. The first-order chi connectivity index (χ1) is 12.4. The van der Waals surface area contributed by atoms with Gasteiger partial charge in [-0.25, -0.2) is 4.79 Å². The van der Waals surface area contributed by atoms with Gasteiger partial charge in [-0.3, -0.25) is 9.69 Å². The van der Waals surface area contributed by atoms with Gasteiger partial charge >= 0.3 is 6.09 Å². The van der Waals surface area contributed by atoms with E-state index in [1.54, 1.807) is 0 Å². The van der Waals surface area contributed by atoms with Gasteiger partial charge < -0.3 is 15.4 Å². The minimum absolute atomic E-state index is 0.0913. The molecule has 2 N–H and O–H groups in total. The molecule has 0 aromatic heterocycles. The van der Waals surface area contributed by atoms with Crippen molar-refractivity contribution in [3.05, 3.63) is 35.9 Å². The van der Waals surface area contributed by atoms with E-state index in [4.69, 9.17) is 10.5 Å². The van der Waals surface area contributed by atoms with Gasteiger partial charge in [-0.1, -0.05) is 44.2 Å². The van der Waals surface area contributed by atoms with Crippen LogP contribution in [0.4, 0.5) is 4.79 Å². The number of rotatable bonds is 5. The number of piperidine rings is 2. The van der Waals surface area contributed by atoms with Crippen molar-refractivity contribution in [2.45, 2.75) is 32.9 Å². The molecule has 2 unspecified atom stereocenters. The van der Waals surface area contributed by atoms with Gasteiger partial charge in [-0.05, 0) is 29.7 Å². The molecule has 2 saturated heterocycles. The lowest BCUT2D eigenvalue weighted by atomic mass is 9.84. The third-order valence-corrected chi connectivity index (χ3v) is 5.31. The maximum absolute atomic E-state index is 12.9. The van der Waals surface area contributed by atoms with E-state index in [1.165, 1.54) is 5.56 Å². The minimum atomic E-state index is -0.886. The Morgan fingerprint density at radius 2 is 1.73 bits per heavy atom. The van der Waals surface area contributed by atoms with Crippen LogP contribution in [-0.4, -0.2) is 54.1 Å². The molecular formula is C20H29N3O3. The van der Waals surface area contributed by atoms with Crippen LogP contribution < -0.4 is 5.73 Å². The molecule has 26 heavy (non-hydrogen) atoms. The van der Waals surface area contributed by atoms with Crippen LogP contribution in [0.5, 0.6) is 0 Å². The average molecular weight is 359 g/mol. The number of ether oxygens (including phenoxy) is 1. The van der Waals surface area contributed by atoms with Gasteiger partial charge in [0.05, 0.1) is 0 Å². The molecule has 0 radical (unpaired) electrons. The van der Waals surface area contributed by atoms with Crippen LogP contribution in [-0.2, 0) is 16.1 Å². The zero-order valence-corrected chi connectivity index (χ0v) is 15.6. The average Bonchev–Trinajstić information content (AvgIpc) is 2.58. The maximum Gasteiger partial charge on any atom is 0.405 e. The molecule has 2 aliphatic heterocycles. The number of nitrogens with zero attached hydrogens (tertiary/aromatic N) is 2. The van der Waals surface area contributed by atoms with Gasteiger partial charge in [0.25, 0.3) is 5.91 Å². The third-order valence-electron chi connectivity index (χ3n) is 5.31. The smallest absolute Gasteiger partial charge is 0.405 e. The third kappa shape index (κ3) is 4.55.